The molecule has 2 saturated carbocycles. The second kappa shape index (κ2) is 8.57. The molecule has 0 bridgehead atoms. The minimum Gasteiger partial charge on any atom is -0.399 e. The summed E-state index contributed by atoms with van der Waals surface area (Å²) in [4.78, 5) is 8.18. The van der Waals surface area contributed by atoms with E-state index in [4.69, 9.17) is 10.7 Å². The number of H-pyrrole nitrogens is 1. The predicted octanol–water partition coefficient (Wildman–Crippen LogP) is 7.16. The number of nitrogen functional groups attached to an aromatic ring is 1. The van der Waals surface area contributed by atoms with Gasteiger partial charge in [0.15, 0.2) is 5.82 Å². The fourth-order valence-corrected chi connectivity index (χ4v) is 6.60. The van der Waals surface area contributed by atoms with Crippen molar-refractivity contribution in [2.75, 3.05) is 5.73 Å². The lowest BCUT2D eigenvalue weighted by Gasteiger charge is -2.18. The van der Waals surface area contributed by atoms with E-state index in [0.29, 0.717) is 5.69 Å². The van der Waals surface area contributed by atoms with E-state index in [0.717, 1.165) is 58.8 Å². The van der Waals surface area contributed by atoms with E-state index in [1.807, 2.05) is 36.4 Å². The summed E-state index contributed by atoms with van der Waals surface area (Å²) in [6.45, 7) is 2.43. The van der Waals surface area contributed by atoms with Crippen LogP contribution in [0.2, 0.25) is 0 Å². The van der Waals surface area contributed by atoms with Crippen molar-refractivity contribution in [1.29, 1.82) is 0 Å². The highest BCUT2D eigenvalue weighted by Gasteiger charge is 2.42. The van der Waals surface area contributed by atoms with Gasteiger partial charge in [0.05, 0.1) is 11.0 Å². The number of nitrogens with zero attached hydrogens (tertiary/aromatic N) is 1. The first kappa shape index (κ1) is 21.4. The zero-order valence-electron chi connectivity index (χ0n) is 19.7. The number of fused-ring (bicyclic) bond motifs is 2. The maximum absolute atomic E-state index is 15.0. The highest BCUT2D eigenvalue weighted by molar-refractivity contribution is 5.80. The van der Waals surface area contributed by atoms with Crippen LogP contribution in [-0.2, 0) is 12.8 Å². The van der Waals surface area contributed by atoms with Crippen molar-refractivity contribution < 1.29 is 4.39 Å². The van der Waals surface area contributed by atoms with Gasteiger partial charge < -0.3 is 10.7 Å². The van der Waals surface area contributed by atoms with E-state index < -0.39 is 0 Å². The van der Waals surface area contributed by atoms with Crippen molar-refractivity contribution in [1.82, 2.24) is 9.97 Å². The quantitative estimate of drug-likeness (QED) is 0.315. The molecule has 2 aliphatic rings. The van der Waals surface area contributed by atoms with Crippen LogP contribution in [0, 0.1) is 29.5 Å². The second-order valence-corrected chi connectivity index (χ2v) is 10.6. The predicted molar refractivity (Wildman–Crippen MR) is 137 cm³/mol. The Kier molecular flexibility index (Phi) is 5.40. The van der Waals surface area contributed by atoms with E-state index in [9.17, 15) is 0 Å². The van der Waals surface area contributed by atoms with Gasteiger partial charge in [-0.25, -0.2) is 9.37 Å². The Morgan fingerprint density at radius 1 is 0.912 bits per heavy atom. The maximum Gasteiger partial charge on any atom is 0.151 e. The zero-order chi connectivity index (χ0) is 23.2. The average Bonchev–Trinajstić information content (AvgIpc) is 3.52. The smallest absolute Gasteiger partial charge is 0.151 e. The number of nitrogens with one attached hydrogen (secondary N) is 1. The summed E-state index contributed by atoms with van der Waals surface area (Å²) in [6, 6.07) is 19.7. The molecule has 2 aliphatic carbocycles. The Morgan fingerprint density at radius 2 is 1.62 bits per heavy atom. The van der Waals surface area contributed by atoms with E-state index in [1.165, 1.54) is 42.5 Å². The average molecular weight is 454 g/mol. The van der Waals surface area contributed by atoms with Crippen LogP contribution in [0.3, 0.4) is 0 Å². The molecule has 4 heteroatoms. The third kappa shape index (κ3) is 4.00. The second-order valence-electron chi connectivity index (χ2n) is 10.6. The SMILES string of the molecule is CC1CCC2C(Cc3cc4nc(-c5ccc(Cc6ccc(N)cc6)cc5)c(F)cc4[nH]3)CCC12. The van der Waals surface area contributed by atoms with Gasteiger partial charge in [-0.05, 0) is 85.1 Å². The van der Waals surface area contributed by atoms with Gasteiger partial charge >= 0.3 is 0 Å². The minimum absolute atomic E-state index is 0.280. The number of benzene rings is 2. The number of pyridine rings is 1. The molecule has 2 aromatic heterocycles. The van der Waals surface area contributed by atoms with Gasteiger partial charge in [-0.2, -0.15) is 0 Å². The van der Waals surface area contributed by atoms with Gasteiger partial charge in [-0.3, -0.25) is 0 Å². The van der Waals surface area contributed by atoms with Crippen LogP contribution in [0.25, 0.3) is 22.3 Å². The van der Waals surface area contributed by atoms with Crippen LogP contribution < -0.4 is 5.73 Å². The third-order valence-electron chi connectivity index (χ3n) is 8.42. The third-order valence-corrected chi connectivity index (χ3v) is 8.42. The van der Waals surface area contributed by atoms with E-state index in [1.54, 1.807) is 6.07 Å². The standard InChI is InChI=1S/C30H32FN3/c1-18-2-12-26-22(9-13-25(18)26)15-24-16-28-29(33-24)17-27(31)30(34-28)21-7-3-19(4-8-21)14-20-5-10-23(32)11-6-20/h3-8,10-11,16-18,22,25-26,33H,2,9,12-15,32H2,1H3. The van der Waals surface area contributed by atoms with Gasteiger partial charge in [-0.15, -0.1) is 0 Å². The largest absolute Gasteiger partial charge is 0.399 e. The van der Waals surface area contributed by atoms with Gasteiger partial charge in [0, 0.05) is 23.0 Å². The Labute approximate surface area is 200 Å². The number of aromatic amines is 1. The maximum atomic E-state index is 15.0. The number of anilines is 1. The van der Waals surface area contributed by atoms with Crippen molar-refractivity contribution in [3.63, 3.8) is 0 Å². The zero-order valence-corrected chi connectivity index (χ0v) is 19.7. The fourth-order valence-electron chi connectivity index (χ4n) is 6.60. The molecule has 0 spiro atoms. The summed E-state index contributed by atoms with van der Waals surface area (Å²) < 4.78 is 15.0. The highest BCUT2D eigenvalue weighted by atomic mass is 19.1. The van der Waals surface area contributed by atoms with Crippen LogP contribution in [-0.4, -0.2) is 9.97 Å². The van der Waals surface area contributed by atoms with Crippen molar-refractivity contribution in [2.24, 2.45) is 23.7 Å². The first-order valence-corrected chi connectivity index (χ1v) is 12.7. The number of halogens is 1. The molecule has 3 nitrogen and oxygen atoms in total. The van der Waals surface area contributed by atoms with Crippen LogP contribution in [0.4, 0.5) is 10.1 Å². The topological polar surface area (TPSA) is 54.7 Å². The molecule has 0 aliphatic heterocycles. The summed E-state index contributed by atoms with van der Waals surface area (Å²) in [5.74, 6) is 3.14. The molecule has 0 radical (unpaired) electrons. The lowest BCUT2D eigenvalue weighted by Crippen LogP contribution is -2.13. The minimum atomic E-state index is -0.280. The summed E-state index contributed by atoms with van der Waals surface area (Å²) in [5.41, 5.74) is 13.0. The highest BCUT2D eigenvalue weighted by Crippen LogP contribution is 2.51. The molecule has 4 unspecified atom stereocenters. The molecule has 6 rings (SSSR count). The molecule has 174 valence electrons. The molecule has 2 fully saturated rings. The monoisotopic (exact) mass is 453 g/mol. The Bertz CT molecular complexity index is 1310. The van der Waals surface area contributed by atoms with E-state index in [2.05, 4.69) is 30.1 Å². The molecular weight excluding hydrogens is 421 g/mol. The molecule has 3 N–H and O–H groups in total. The first-order valence-electron chi connectivity index (χ1n) is 12.7. The van der Waals surface area contributed by atoms with Crippen LogP contribution in [0.15, 0.2) is 60.7 Å². The van der Waals surface area contributed by atoms with Crippen molar-refractivity contribution >= 4 is 16.7 Å². The molecule has 34 heavy (non-hydrogen) atoms. The molecule has 4 aromatic rings. The molecule has 4 atom stereocenters. The van der Waals surface area contributed by atoms with Gasteiger partial charge in [-0.1, -0.05) is 49.7 Å². The number of nitrogens with two attached hydrogens (primary N) is 1. The van der Waals surface area contributed by atoms with Crippen LogP contribution in [0.1, 0.15) is 49.4 Å². The molecular formula is C30H32FN3. The Hall–Kier alpha value is -3.14. The van der Waals surface area contributed by atoms with Crippen molar-refractivity contribution in [3.05, 3.63) is 83.3 Å². The molecule has 0 amide bonds. The normalized spacial score (nSPS) is 24.1. The van der Waals surface area contributed by atoms with Crippen LogP contribution in [0.5, 0.6) is 0 Å². The molecule has 2 heterocycles. The summed E-state index contributed by atoms with van der Waals surface area (Å²) in [5, 5.41) is 0. The van der Waals surface area contributed by atoms with E-state index in [-0.39, 0.29) is 5.82 Å². The number of hydrogen-bond acceptors (Lipinski definition) is 2. The van der Waals surface area contributed by atoms with Gasteiger partial charge in [0.25, 0.3) is 0 Å². The van der Waals surface area contributed by atoms with Crippen molar-refractivity contribution in [2.45, 2.75) is 45.4 Å². The van der Waals surface area contributed by atoms with E-state index >= 15 is 4.39 Å². The van der Waals surface area contributed by atoms with Gasteiger partial charge in [0.1, 0.15) is 5.69 Å². The van der Waals surface area contributed by atoms with Crippen LogP contribution >= 0.6 is 0 Å². The summed E-state index contributed by atoms with van der Waals surface area (Å²) >= 11 is 0. The van der Waals surface area contributed by atoms with Gasteiger partial charge in [0.2, 0.25) is 0 Å². The number of rotatable bonds is 5. The first-order chi connectivity index (χ1) is 16.5. The lowest BCUT2D eigenvalue weighted by atomic mass is 9.87. The summed E-state index contributed by atoms with van der Waals surface area (Å²) in [7, 11) is 0. The Balaban J connectivity index is 1.21. The Morgan fingerprint density at radius 3 is 2.38 bits per heavy atom. The van der Waals surface area contributed by atoms with Crippen molar-refractivity contribution in [3.8, 4) is 11.3 Å². The lowest BCUT2D eigenvalue weighted by molar-refractivity contribution is 0.322. The molecule has 0 saturated heterocycles. The number of hydrogen-bond donors (Lipinski definition) is 2. The fraction of sp³-hybridized carbons (Fsp3) is 0.367. The summed E-state index contributed by atoms with van der Waals surface area (Å²) in [6.07, 6.45) is 7.34. The molecule has 2 aromatic carbocycles. The number of aromatic nitrogens is 2.